The molecule has 1 amide bonds. The summed E-state index contributed by atoms with van der Waals surface area (Å²) in [5.41, 5.74) is 6.67. The van der Waals surface area contributed by atoms with Crippen LogP contribution < -0.4 is 5.73 Å². The minimum absolute atomic E-state index is 0. The molecule has 0 unspecified atom stereocenters. The first-order valence-corrected chi connectivity index (χ1v) is 7.84. The predicted molar refractivity (Wildman–Crippen MR) is 88.2 cm³/mol. The Hall–Kier alpha value is -1.30. The van der Waals surface area contributed by atoms with Gasteiger partial charge in [0.2, 0.25) is 0 Å². The highest BCUT2D eigenvalue weighted by molar-refractivity contribution is 7.09. The molecule has 2 aromatic heterocycles. The third kappa shape index (κ3) is 3.67. The summed E-state index contributed by atoms with van der Waals surface area (Å²) in [6.07, 6.45) is 3.78. The van der Waals surface area contributed by atoms with E-state index in [1.54, 1.807) is 11.3 Å². The van der Waals surface area contributed by atoms with Crippen LogP contribution in [0.3, 0.4) is 0 Å². The molecule has 21 heavy (non-hydrogen) atoms. The van der Waals surface area contributed by atoms with Crippen molar-refractivity contribution in [2.24, 2.45) is 5.73 Å². The molecule has 3 heterocycles. The molecule has 2 N–H and O–H groups in total. The summed E-state index contributed by atoms with van der Waals surface area (Å²) in [6.45, 7) is 2.30. The SMILES string of the molecule is Cl.NC1CCN(C(=O)c2cccn2Cc2cccs2)CC1. The molecule has 0 aromatic carbocycles. The van der Waals surface area contributed by atoms with E-state index >= 15 is 0 Å². The van der Waals surface area contributed by atoms with Gasteiger partial charge in [-0.25, -0.2) is 0 Å². The lowest BCUT2D eigenvalue weighted by Gasteiger charge is -2.30. The molecule has 0 spiro atoms. The zero-order valence-corrected chi connectivity index (χ0v) is 13.4. The Morgan fingerprint density at radius 1 is 1.29 bits per heavy atom. The Labute approximate surface area is 135 Å². The number of halogens is 1. The number of carbonyl (C=O) groups excluding carboxylic acids is 1. The van der Waals surface area contributed by atoms with E-state index in [2.05, 4.69) is 11.4 Å². The first-order chi connectivity index (χ1) is 9.74. The Kier molecular flexibility index (Phi) is 5.45. The number of thiophene rings is 1. The van der Waals surface area contributed by atoms with E-state index in [1.807, 2.05) is 33.9 Å². The Morgan fingerprint density at radius 3 is 2.71 bits per heavy atom. The molecular formula is C15H20ClN3OS. The third-order valence-corrected chi connectivity index (χ3v) is 4.64. The van der Waals surface area contributed by atoms with Gasteiger partial charge in [0.25, 0.3) is 5.91 Å². The molecule has 114 valence electrons. The number of carbonyl (C=O) groups is 1. The van der Waals surface area contributed by atoms with E-state index in [0.29, 0.717) is 0 Å². The highest BCUT2D eigenvalue weighted by Crippen LogP contribution is 2.16. The molecule has 4 nitrogen and oxygen atoms in total. The van der Waals surface area contributed by atoms with Crippen molar-refractivity contribution >= 4 is 29.7 Å². The van der Waals surface area contributed by atoms with Crippen molar-refractivity contribution in [3.05, 3.63) is 46.4 Å². The van der Waals surface area contributed by atoms with Crippen LogP contribution in [0.2, 0.25) is 0 Å². The topological polar surface area (TPSA) is 51.3 Å². The van der Waals surface area contributed by atoms with Gasteiger partial charge in [-0.05, 0) is 36.4 Å². The summed E-state index contributed by atoms with van der Waals surface area (Å²) in [6, 6.07) is 8.23. The van der Waals surface area contributed by atoms with Crippen LogP contribution in [-0.4, -0.2) is 34.5 Å². The smallest absolute Gasteiger partial charge is 0.270 e. The molecule has 1 aliphatic rings. The summed E-state index contributed by atoms with van der Waals surface area (Å²) in [7, 11) is 0. The predicted octanol–water partition coefficient (Wildman–Crippen LogP) is 2.58. The Bertz CT molecular complexity index is 574. The second-order valence-corrected chi connectivity index (χ2v) is 6.26. The number of hydrogen-bond donors (Lipinski definition) is 1. The van der Waals surface area contributed by atoms with Crippen LogP contribution in [0.15, 0.2) is 35.8 Å². The van der Waals surface area contributed by atoms with Crippen molar-refractivity contribution in [3.8, 4) is 0 Å². The van der Waals surface area contributed by atoms with Gasteiger partial charge in [0.05, 0.1) is 6.54 Å². The summed E-state index contributed by atoms with van der Waals surface area (Å²) >= 11 is 1.72. The molecule has 0 atom stereocenters. The number of piperidine rings is 1. The number of likely N-dealkylation sites (tertiary alicyclic amines) is 1. The lowest BCUT2D eigenvalue weighted by molar-refractivity contribution is 0.0704. The van der Waals surface area contributed by atoms with Crippen LogP contribution in [0.4, 0.5) is 0 Å². The summed E-state index contributed by atoms with van der Waals surface area (Å²) in [5.74, 6) is 0.124. The van der Waals surface area contributed by atoms with E-state index in [4.69, 9.17) is 5.73 Å². The maximum Gasteiger partial charge on any atom is 0.270 e. The minimum atomic E-state index is 0. The molecule has 1 aliphatic heterocycles. The number of amides is 1. The Balaban J connectivity index is 0.00000161. The number of nitrogens with zero attached hydrogens (tertiary/aromatic N) is 2. The standard InChI is InChI=1S/C15H19N3OS.ClH/c16-12-5-8-17(9-6-12)15(19)14-4-1-7-18(14)11-13-3-2-10-20-13;/h1-4,7,10,12H,5-6,8-9,11,16H2;1H. The van der Waals surface area contributed by atoms with Crippen molar-refractivity contribution in [3.63, 3.8) is 0 Å². The lowest BCUT2D eigenvalue weighted by Crippen LogP contribution is -2.43. The maximum atomic E-state index is 12.6. The van der Waals surface area contributed by atoms with Gasteiger partial charge in [-0.15, -0.1) is 23.7 Å². The van der Waals surface area contributed by atoms with E-state index in [0.717, 1.165) is 38.2 Å². The van der Waals surface area contributed by atoms with Gasteiger partial charge in [0.15, 0.2) is 0 Å². The number of hydrogen-bond acceptors (Lipinski definition) is 3. The maximum absolute atomic E-state index is 12.6. The van der Waals surface area contributed by atoms with Crippen molar-refractivity contribution in [1.82, 2.24) is 9.47 Å². The number of nitrogens with two attached hydrogens (primary N) is 1. The summed E-state index contributed by atoms with van der Waals surface area (Å²) < 4.78 is 2.03. The van der Waals surface area contributed by atoms with Crippen LogP contribution in [0.25, 0.3) is 0 Å². The zero-order valence-electron chi connectivity index (χ0n) is 11.8. The molecule has 1 saturated heterocycles. The highest BCUT2D eigenvalue weighted by Gasteiger charge is 2.23. The highest BCUT2D eigenvalue weighted by atomic mass is 35.5. The van der Waals surface area contributed by atoms with Crippen LogP contribution in [0.1, 0.15) is 28.2 Å². The number of rotatable bonds is 3. The van der Waals surface area contributed by atoms with Gasteiger partial charge in [-0.2, -0.15) is 0 Å². The molecule has 2 aromatic rings. The van der Waals surface area contributed by atoms with Crippen LogP contribution in [0.5, 0.6) is 0 Å². The molecule has 0 radical (unpaired) electrons. The van der Waals surface area contributed by atoms with Crippen LogP contribution in [0, 0.1) is 0 Å². The fourth-order valence-corrected chi connectivity index (χ4v) is 3.28. The molecular weight excluding hydrogens is 306 g/mol. The molecule has 0 saturated carbocycles. The second-order valence-electron chi connectivity index (χ2n) is 5.23. The van der Waals surface area contributed by atoms with Crippen molar-refractivity contribution in [2.45, 2.75) is 25.4 Å². The first-order valence-electron chi connectivity index (χ1n) is 6.96. The van der Waals surface area contributed by atoms with Gasteiger partial charge in [-0.1, -0.05) is 6.07 Å². The first kappa shape index (κ1) is 16.1. The molecule has 0 aliphatic carbocycles. The summed E-state index contributed by atoms with van der Waals surface area (Å²) in [4.78, 5) is 15.8. The van der Waals surface area contributed by atoms with Gasteiger partial charge < -0.3 is 15.2 Å². The number of aromatic nitrogens is 1. The van der Waals surface area contributed by atoms with Crippen molar-refractivity contribution in [1.29, 1.82) is 0 Å². The fourth-order valence-electron chi connectivity index (χ4n) is 2.58. The second kappa shape index (κ2) is 7.11. The van der Waals surface area contributed by atoms with E-state index in [-0.39, 0.29) is 24.4 Å². The van der Waals surface area contributed by atoms with E-state index < -0.39 is 0 Å². The summed E-state index contributed by atoms with van der Waals surface area (Å²) in [5, 5.41) is 2.06. The van der Waals surface area contributed by atoms with Crippen molar-refractivity contribution < 1.29 is 4.79 Å². The largest absolute Gasteiger partial charge is 0.338 e. The normalized spacial score (nSPS) is 15.8. The minimum Gasteiger partial charge on any atom is -0.338 e. The van der Waals surface area contributed by atoms with Gasteiger partial charge in [-0.3, -0.25) is 4.79 Å². The van der Waals surface area contributed by atoms with Crippen LogP contribution >= 0.6 is 23.7 Å². The van der Waals surface area contributed by atoms with Gasteiger partial charge in [0.1, 0.15) is 5.69 Å². The van der Waals surface area contributed by atoms with Crippen LogP contribution in [-0.2, 0) is 6.54 Å². The quantitative estimate of drug-likeness (QED) is 0.943. The Morgan fingerprint density at radius 2 is 2.05 bits per heavy atom. The van der Waals surface area contributed by atoms with E-state index in [1.165, 1.54) is 4.88 Å². The third-order valence-electron chi connectivity index (χ3n) is 3.78. The molecule has 1 fully saturated rings. The fraction of sp³-hybridized carbons (Fsp3) is 0.400. The molecule has 0 bridgehead atoms. The van der Waals surface area contributed by atoms with E-state index in [9.17, 15) is 4.79 Å². The zero-order chi connectivity index (χ0) is 13.9. The van der Waals surface area contributed by atoms with Gasteiger partial charge >= 0.3 is 0 Å². The average molecular weight is 326 g/mol. The lowest BCUT2D eigenvalue weighted by atomic mass is 10.1. The average Bonchev–Trinajstić information content (AvgIpc) is 3.11. The monoisotopic (exact) mass is 325 g/mol. The van der Waals surface area contributed by atoms with Gasteiger partial charge in [0, 0.05) is 30.2 Å². The molecule has 6 heteroatoms. The van der Waals surface area contributed by atoms with Crippen molar-refractivity contribution in [2.75, 3.05) is 13.1 Å². The molecule has 3 rings (SSSR count).